The van der Waals surface area contributed by atoms with Gasteiger partial charge >= 0.3 is 0 Å². The van der Waals surface area contributed by atoms with Gasteiger partial charge in [0.1, 0.15) is 11.3 Å². The number of fused-ring (bicyclic) bond motifs is 1. The normalized spacial score (nSPS) is 11.1. The first-order valence-corrected chi connectivity index (χ1v) is 5.34. The van der Waals surface area contributed by atoms with E-state index in [0.29, 0.717) is 0 Å². The Kier molecular flexibility index (Phi) is 2.61. The molecule has 1 heterocycles. The average molecular weight is 254 g/mol. The SMILES string of the molecule is CNCc1oc2ccc(Br)cc2c1C. The van der Waals surface area contributed by atoms with Gasteiger partial charge in [0.25, 0.3) is 0 Å². The van der Waals surface area contributed by atoms with Gasteiger partial charge in [0.2, 0.25) is 0 Å². The summed E-state index contributed by atoms with van der Waals surface area (Å²) in [6.07, 6.45) is 0. The first kappa shape index (κ1) is 9.74. The van der Waals surface area contributed by atoms with Crippen LogP contribution in [0.5, 0.6) is 0 Å². The number of rotatable bonds is 2. The Morgan fingerprint density at radius 3 is 2.93 bits per heavy atom. The van der Waals surface area contributed by atoms with E-state index >= 15 is 0 Å². The molecule has 2 aromatic rings. The van der Waals surface area contributed by atoms with Crippen molar-refractivity contribution in [3.63, 3.8) is 0 Å². The molecule has 2 nitrogen and oxygen atoms in total. The van der Waals surface area contributed by atoms with Gasteiger partial charge in [0.05, 0.1) is 6.54 Å². The van der Waals surface area contributed by atoms with Gasteiger partial charge in [-0.05, 0) is 37.7 Å². The van der Waals surface area contributed by atoms with Crippen LogP contribution in [-0.2, 0) is 6.54 Å². The molecule has 0 saturated carbocycles. The summed E-state index contributed by atoms with van der Waals surface area (Å²) < 4.78 is 6.80. The molecule has 0 aliphatic rings. The molecule has 74 valence electrons. The van der Waals surface area contributed by atoms with E-state index in [0.717, 1.165) is 22.4 Å². The van der Waals surface area contributed by atoms with Gasteiger partial charge in [-0.1, -0.05) is 15.9 Å². The summed E-state index contributed by atoms with van der Waals surface area (Å²) in [4.78, 5) is 0. The topological polar surface area (TPSA) is 25.2 Å². The lowest BCUT2D eigenvalue weighted by Gasteiger charge is -1.94. The standard InChI is InChI=1S/C11H12BrNO/c1-7-9-5-8(12)3-4-10(9)14-11(7)6-13-2/h3-5,13H,6H2,1-2H3. The zero-order chi connectivity index (χ0) is 10.1. The largest absolute Gasteiger partial charge is 0.459 e. The van der Waals surface area contributed by atoms with Crippen molar-refractivity contribution in [2.75, 3.05) is 7.05 Å². The van der Waals surface area contributed by atoms with Crippen molar-refractivity contribution in [3.05, 3.63) is 34.0 Å². The summed E-state index contributed by atoms with van der Waals surface area (Å²) in [6, 6.07) is 6.08. The van der Waals surface area contributed by atoms with Crippen molar-refractivity contribution < 1.29 is 4.42 Å². The summed E-state index contributed by atoms with van der Waals surface area (Å²) in [6.45, 7) is 2.86. The fourth-order valence-electron chi connectivity index (χ4n) is 1.57. The summed E-state index contributed by atoms with van der Waals surface area (Å²) in [5.74, 6) is 1.01. The summed E-state index contributed by atoms with van der Waals surface area (Å²) in [5, 5.41) is 4.28. The van der Waals surface area contributed by atoms with Gasteiger partial charge in [-0.3, -0.25) is 0 Å². The van der Waals surface area contributed by atoms with Crippen LogP contribution < -0.4 is 5.32 Å². The number of aryl methyl sites for hydroxylation is 1. The number of hydrogen-bond acceptors (Lipinski definition) is 2. The molecule has 0 atom stereocenters. The number of halogens is 1. The second-order valence-electron chi connectivity index (χ2n) is 3.32. The molecule has 14 heavy (non-hydrogen) atoms. The fourth-order valence-corrected chi connectivity index (χ4v) is 1.93. The third-order valence-electron chi connectivity index (χ3n) is 2.33. The van der Waals surface area contributed by atoms with Crippen molar-refractivity contribution in [2.45, 2.75) is 13.5 Å². The molecule has 1 aromatic heterocycles. The van der Waals surface area contributed by atoms with E-state index in [1.54, 1.807) is 0 Å². The first-order valence-electron chi connectivity index (χ1n) is 4.54. The molecule has 0 unspecified atom stereocenters. The minimum absolute atomic E-state index is 0.776. The lowest BCUT2D eigenvalue weighted by atomic mass is 10.1. The van der Waals surface area contributed by atoms with Gasteiger partial charge in [0.15, 0.2) is 0 Å². The molecular weight excluding hydrogens is 242 g/mol. The number of nitrogens with one attached hydrogen (secondary N) is 1. The molecule has 1 aromatic carbocycles. The number of hydrogen-bond donors (Lipinski definition) is 1. The van der Waals surface area contributed by atoms with Crippen LogP contribution in [0.1, 0.15) is 11.3 Å². The second kappa shape index (κ2) is 3.75. The van der Waals surface area contributed by atoms with Crippen LogP contribution in [-0.4, -0.2) is 7.05 Å². The third-order valence-corrected chi connectivity index (χ3v) is 2.83. The van der Waals surface area contributed by atoms with Crippen molar-refractivity contribution in [2.24, 2.45) is 0 Å². The average Bonchev–Trinajstić information content (AvgIpc) is 2.46. The van der Waals surface area contributed by atoms with Crippen LogP contribution in [0, 0.1) is 6.92 Å². The molecule has 0 saturated heterocycles. The van der Waals surface area contributed by atoms with Gasteiger partial charge in [-0.15, -0.1) is 0 Å². The van der Waals surface area contributed by atoms with Gasteiger partial charge in [0, 0.05) is 9.86 Å². The van der Waals surface area contributed by atoms with E-state index in [1.165, 1.54) is 10.9 Å². The van der Waals surface area contributed by atoms with Crippen molar-refractivity contribution in [3.8, 4) is 0 Å². The molecule has 0 aliphatic heterocycles. The first-order chi connectivity index (χ1) is 6.72. The highest BCUT2D eigenvalue weighted by Gasteiger charge is 2.09. The van der Waals surface area contributed by atoms with Crippen molar-refractivity contribution >= 4 is 26.9 Å². The quantitative estimate of drug-likeness (QED) is 0.890. The Labute approximate surface area is 91.4 Å². The molecular formula is C11H12BrNO. The summed E-state index contributed by atoms with van der Waals surface area (Å²) >= 11 is 3.46. The van der Waals surface area contributed by atoms with E-state index in [9.17, 15) is 0 Å². The summed E-state index contributed by atoms with van der Waals surface area (Å²) in [5.41, 5.74) is 2.17. The predicted octanol–water partition coefficient (Wildman–Crippen LogP) is 3.22. The van der Waals surface area contributed by atoms with Gasteiger partial charge in [-0.2, -0.15) is 0 Å². The van der Waals surface area contributed by atoms with Crippen LogP contribution in [0.3, 0.4) is 0 Å². The fraction of sp³-hybridized carbons (Fsp3) is 0.273. The van der Waals surface area contributed by atoms with E-state index < -0.39 is 0 Å². The second-order valence-corrected chi connectivity index (χ2v) is 4.24. The Bertz CT molecular complexity index is 462. The Hall–Kier alpha value is -0.800. The molecule has 0 bridgehead atoms. The van der Waals surface area contributed by atoms with Gasteiger partial charge < -0.3 is 9.73 Å². The van der Waals surface area contributed by atoms with Crippen LogP contribution in [0.2, 0.25) is 0 Å². The molecule has 0 radical (unpaired) electrons. The highest BCUT2D eigenvalue weighted by Crippen LogP contribution is 2.27. The van der Waals surface area contributed by atoms with Gasteiger partial charge in [-0.25, -0.2) is 0 Å². The molecule has 0 fully saturated rings. The Morgan fingerprint density at radius 1 is 1.43 bits per heavy atom. The maximum absolute atomic E-state index is 5.71. The van der Waals surface area contributed by atoms with E-state index in [1.807, 2.05) is 19.2 Å². The maximum atomic E-state index is 5.71. The minimum Gasteiger partial charge on any atom is -0.459 e. The highest BCUT2D eigenvalue weighted by atomic mass is 79.9. The lowest BCUT2D eigenvalue weighted by Crippen LogP contribution is -2.04. The molecule has 0 spiro atoms. The highest BCUT2D eigenvalue weighted by molar-refractivity contribution is 9.10. The maximum Gasteiger partial charge on any atom is 0.134 e. The zero-order valence-corrected chi connectivity index (χ0v) is 9.81. The number of furan rings is 1. The number of benzene rings is 1. The van der Waals surface area contributed by atoms with Crippen LogP contribution >= 0.6 is 15.9 Å². The Morgan fingerprint density at radius 2 is 2.21 bits per heavy atom. The van der Waals surface area contributed by atoms with Crippen LogP contribution in [0.4, 0.5) is 0 Å². The third kappa shape index (κ3) is 1.57. The van der Waals surface area contributed by atoms with Crippen molar-refractivity contribution in [1.82, 2.24) is 5.32 Å². The smallest absolute Gasteiger partial charge is 0.134 e. The van der Waals surface area contributed by atoms with E-state index in [-0.39, 0.29) is 0 Å². The lowest BCUT2D eigenvalue weighted by molar-refractivity contribution is 0.527. The summed E-state index contributed by atoms with van der Waals surface area (Å²) in [7, 11) is 1.92. The molecule has 2 rings (SSSR count). The minimum atomic E-state index is 0.776. The van der Waals surface area contributed by atoms with Crippen LogP contribution in [0.15, 0.2) is 27.1 Å². The van der Waals surface area contributed by atoms with Crippen molar-refractivity contribution in [1.29, 1.82) is 0 Å². The van der Waals surface area contributed by atoms with E-state index in [4.69, 9.17) is 4.42 Å². The molecule has 0 aliphatic carbocycles. The molecule has 1 N–H and O–H groups in total. The Balaban J connectivity index is 2.62. The van der Waals surface area contributed by atoms with E-state index in [2.05, 4.69) is 34.2 Å². The molecule has 0 amide bonds. The van der Waals surface area contributed by atoms with Crippen LogP contribution in [0.25, 0.3) is 11.0 Å². The monoisotopic (exact) mass is 253 g/mol. The molecule has 3 heteroatoms. The predicted molar refractivity (Wildman–Crippen MR) is 61.4 cm³/mol. The zero-order valence-electron chi connectivity index (χ0n) is 8.23.